The summed E-state index contributed by atoms with van der Waals surface area (Å²) in [5, 5.41) is 14.0. The third-order valence-electron chi connectivity index (χ3n) is 6.50. The van der Waals surface area contributed by atoms with E-state index in [9.17, 15) is 18.3 Å². The minimum atomic E-state index is -4.12. The Kier molecular flexibility index (Phi) is 7.96. The number of amides is 1. The lowest BCUT2D eigenvalue weighted by Crippen LogP contribution is -2.53. The minimum absolute atomic E-state index is 0.0667. The van der Waals surface area contributed by atoms with Crippen molar-refractivity contribution in [2.24, 2.45) is 0 Å². The number of hydrogen-bond acceptors (Lipinski definition) is 7. The number of hydrogen-bond donors (Lipinski definition) is 3. The largest absolute Gasteiger partial charge is 0.493 e. The summed E-state index contributed by atoms with van der Waals surface area (Å²) in [6.07, 6.45) is -0.581. The Labute approximate surface area is 222 Å². The molecule has 1 aliphatic heterocycles. The van der Waals surface area contributed by atoms with Gasteiger partial charge in [0.1, 0.15) is 17.5 Å². The van der Waals surface area contributed by atoms with Crippen LogP contribution >= 0.6 is 0 Å². The molecule has 9 nitrogen and oxygen atoms in total. The van der Waals surface area contributed by atoms with Crippen molar-refractivity contribution in [1.82, 2.24) is 10.0 Å². The van der Waals surface area contributed by atoms with Crippen LogP contribution < -0.4 is 24.2 Å². The first-order valence-electron chi connectivity index (χ1n) is 12.1. The summed E-state index contributed by atoms with van der Waals surface area (Å²) in [5.74, 6) is 0.690. The van der Waals surface area contributed by atoms with Crippen molar-refractivity contribution < 1.29 is 32.5 Å². The van der Waals surface area contributed by atoms with Gasteiger partial charge < -0.3 is 24.6 Å². The smallest absolute Gasteiger partial charge is 0.251 e. The molecule has 2 atom stereocenters. The van der Waals surface area contributed by atoms with Crippen molar-refractivity contribution in [1.29, 1.82) is 0 Å². The highest BCUT2D eigenvalue weighted by Crippen LogP contribution is 2.41. The topological polar surface area (TPSA) is 123 Å². The second kappa shape index (κ2) is 11.0. The number of sulfonamides is 1. The van der Waals surface area contributed by atoms with E-state index in [2.05, 4.69) is 10.0 Å². The second-order valence-corrected chi connectivity index (χ2v) is 11.2. The number of methoxy groups -OCH3 is 2. The maximum absolute atomic E-state index is 13.4. The number of carbonyl (C=O) groups is 1. The lowest BCUT2D eigenvalue weighted by atomic mass is 9.86. The molecule has 1 heterocycles. The molecule has 202 valence electrons. The van der Waals surface area contributed by atoms with E-state index in [1.54, 1.807) is 32.0 Å². The first-order chi connectivity index (χ1) is 18.1. The Morgan fingerprint density at radius 2 is 1.71 bits per heavy atom. The van der Waals surface area contributed by atoms with Crippen molar-refractivity contribution in [2.45, 2.75) is 42.9 Å². The van der Waals surface area contributed by atoms with Gasteiger partial charge in [0.15, 0.2) is 11.5 Å². The van der Waals surface area contributed by atoms with Gasteiger partial charge >= 0.3 is 0 Å². The highest BCUT2D eigenvalue weighted by Gasteiger charge is 2.45. The zero-order chi connectivity index (χ0) is 27.5. The first kappa shape index (κ1) is 27.4. The second-order valence-electron chi connectivity index (χ2n) is 9.51. The number of carbonyl (C=O) groups excluding carboxylic acids is 1. The molecule has 4 rings (SSSR count). The standard InChI is InChI=1S/C28H32N2O7S/c1-28(2)26(31)25(30-38(33,34)20-11-13-23(35-3)24(17-20)36-4)21-16-19(10-12-22(21)37-28)27(32)29-15-14-18-8-6-5-7-9-18/h5-13,16-17,25-26,30-31H,14-15H2,1-4H3,(H,29,32). The molecule has 0 spiro atoms. The number of nitrogens with one attached hydrogen (secondary N) is 2. The summed E-state index contributed by atoms with van der Waals surface area (Å²) in [5.41, 5.74) is 0.679. The van der Waals surface area contributed by atoms with E-state index in [1.807, 2.05) is 30.3 Å². The van der Waals surface area contributed by atoms with Gasteiger partial charge in [-0.2, -0.15) is 0 Å². The Balaban J connectivity index is 1.60. The van der Waals surface area contributed by atoms with Gasteiger partial charge in [0.05, 0.1) is 25.2 Å². The van der Waals surface area contributed by atoms with Gasteiger partial charge in [-0.1, -0.05) is 30.3 Å². The van der Waals surface area contributed by atoms with E-state index in [4.69, 9.17) is 14.2 Å². The third-order valence-corrected chi connectivity index (χ3v) is 7.94. The Hall–Kier alpha value is -3.60. The molecule has 0 saturated heterocycles. The van der Waals surface area contributed by atoms with Crippen molar-refractivity contribution >= 4 is 15.9 Å². The number of aliphatic hydroxyl groups excluding tert-OH is 1. The van der Waals surface area contributed by atoms with E-state index < -0.39 is 27.8 Å². The molecule has 0 aromatic heterocycles. The summed E-state index contributed by atoms with van der Waals surface area (Å²) in [6.45, 7) is 3.77. The SMILES string of the molecule is COc1ccc(S(=O)(=O)NC2c3cc(C(=O)NCCc4ccccc4)ccc3OC(C)(C)C2O)cc1OC. The van der Waals surface area contributed by atoms with Crippen LogP contribution in [0, 0.1) is 0 Å². The highest BCUT2D eigenvalue weighted by atomic mass is 32.2. The van der Waals surface area contributed by atoms with Crippen LogP contribution in [0.5, 0.6) is 17.2 Å². The van der Waals surface area contributed by atoms with Crippen LogP contribution in [0.15, 0.2) is 71.6 Å². The first-order valence-corrected chi connectivity index (χ1v) is 13.6. The maximum Gasteiger partial charge on any atom is 0.251 e. The number of rotatable bonds is 9. The summed E-state index contributed by atoms with van der Waals surface area (Å²) in [6, 6.07) is 17.7. The summed E-state index contributed by atoms with van der Waals surface area (Å²) in [4.78, 5) is 12.8. The fourth-order valence-corrected chi connectivity index (χ4v) is 5.59. The van der Waals surface area contributed by atoms with E-state index >= 15 is 0 Å². The molecule has 0 saturated carbocycles. The van der Waals surface area contributed by atoms with E-state index in [-0.39, 0.29) is 16.6 Å². The molecule has 1 aliphatic rings. The van der Waals surface area contributed by atoms with E-state index in [1.165, 1.54) is 32.4 Å². The number of fused-ring (bicyclic) bond motifs is 1. The molecule has 3 aromatic rings. The molecule has 10 heteroatoms. The van der Waals surface area contributed by atoms with Gasteiger partial charge in [-0.15, -0.1) is 0 Å². The van der Waals surface area contributed by atoms with Crippen molar-refractivity contribution in [3.05, 3.63) is 83.4 Å². The normalized spacial score (nSPS) is 18.1. The van der Waals surface area contributed by atoms with E-state index in [0.717, 1.165) is 5.56 Å². The summed E-state index contributed by atoms with van der Waals surface area (Å²) < 4.78 is 45.8. The molecule has 38 heavy (non-hydrogen) atoms. The van der Waals surface area contributed by atoms with Gasteiger partial charge in [-0.05, 0) is 56.2 Å². The molecular formula is C28H32N2O7S. The van der Waals surface area contributed by atoms with Crippen LogP contribution in [0.25, 0.3) is 0 Å². The molecule has 0 bridgehead atoms. The third kappa shape index (κ3) is 5.77. The lowest BCUT2D eigenvalue weighted by Gasteiger charge is -2.42. The maximum atomic E-state index is 13.4. The summed E-state index contributed by atoms with van der Waals surface area (Å²) in [7, 11) is -1.26. The van der Waals surface area contributed by atoms with Crippen LogP contribution in [0.2, 0.25) is 0 Å². The van der Waals surface area contributed by atoms with Gasteiger partial charge in [-0.25, -0.2) is 13.1 Å². The Morgan fingerprint density at radius 1 is 1.00 bits per heavy atom. The van der Waals surface area contributed by atoms with Crippen molar-refractivity contribution in [2.75, 3.05) is 20.8 Å². The monoisotopic (exact) mass is 540 g/mol. The average molecular weight is 541 g/mol. The van der Waals surface area contributed by atoms with Crippen LogP contribution in [0.1, 0.15) is 41.4 Å². The fourth-order valence-electron chi connectivity index (χ4n) is 4.35. The van der Waals surface area contributed by atoms with Gasteiger partial charge in [0.2, 0.25) is 10.0 Å². The Morgan fingerprint density at radius 3 is 2.39 bits per heavy atom. The molecule has 3 N–H and O–H groups in total. The zero-order valence-corrected chi connectivity index (χ0v) is 22.5. The quantitative estimate of drug-likeness (QED) is 0.381. The highest BCUT2D eigenvalue weighted by molar-refractivity contribution is 7.89. The average Bonchev–Trinajstić information content (AvgIpc) is 2.91. The number of ether oxygens (including phenoxy) is 3. The van der Waals surface area contributed by atoms with E-state index in [0.29, 0.717) is 35.6 Å². The summed E-state index contributed by atoms with van der Waals surface area (Å²) >= 11 is 0. The van der Waals surface area contributed by atoms with Crippen LogP contribution in [-0.2, 0) is 16.4 Å². The molecule has 3 aromatic carbocycles. The van der Waals surface area contributed by atoms with Gasteiger partial charge in [0, 0.05) is 23.7 Å². The minimum Gasteiger partial charge on any atom is -0.493 e. The zero-order valence-electron chi connectivity index (χ0n) is 21.7. The predicted octanol–water partition coefficient (Wildman–Crippen LogP) is 3.23. The molecule has 0 aliphatic carbocycles. The van der Waals surface area contributed by atoms with Gasteiger partial charge in [-0.3, -0.25) is 4.79 Å². The molecule has 2 unspecified atom stereocenters. The molecular weight excluding hydrogens is 508 g/mol. The number of aliphatic hydroxyl groups is 1. The van der Waals surface area contributed by atoms with Crippen LogP contribution in [0.3, 0.4) is 0 Å². The predicted molar refractivity (Wildman–Crippen MR) is 142 cm³/mol. The molecule has 0 fully saturated rings. The lowest BCUT2D eigenvalue weighted by molar-refractivity contribution is -0.0603. The van der Waals surface area contributed by atoms with Gasteiger partial charge in [0.25, 0.3) is 5.91 Å². The molecule has 0 radical (unpaired) electrons. The fraction of sp³-hybridized carbons (Fsp3) is 0.321. The van der Waals surface area contributed by atoms with Crippen molar-refractivity contribution in [3.8, 4) is 17.2 Å². The Bertz CT molecular complexity index is 1410. The number of benzene rings is 3. The van der Waals surface area contributed by atoms with Crippen LogP contribution in [-0.4, -0.2) is 51.9 Å². The van der Waals surface area contributed by atoms with Crippen molar-refractivity contribution in [3.63, 3.8) is 0 Å². The van der Waals surface area contributed by atoms with Crippen LogP contribution in [0.4, 0.5) is 0 Å². The molecule has 1 amide bonds.